The molecule has 0 amide bonds. The lowest BCUT2D eigenvalue weighted by Crippen LogP contribution is -2.37. The Balaban J connectivity index is 1.73. The van der Waals surface area contributed by atoms with E-state index < -0.39 is 6.10 Å². The van der Waals surface area contributed by atoms with E-state index in [1.54, 1.807) is 6.20 Å². The van der Waals surface area contributed by atoms with Crippen LogP contribution in [0.5, 0.6) is 0 Å². The minimum Gasteiger partial charge on any atom is -0.445 e. The summed E-state index contributed by atoms with van der Waals surface area (Å²) in [5, 5.41) is 9.90. The van der Waals surface area contributed by atoms with Crippen LogP contribution in [0.3, 0.4) is 0 Å². The van der Waals surface area contributed by atoms with E-state index in [0.29, 0.717) is 25.8 Å². The second kappa shape index (κ2) is 7.89. The highest BCUT2D eigenvalue weighted by molar-refractivity contribution is 4.92. The Hall–Kier alpha value is -0.950. The van der Waals surface area contributed by atoms with Crippen molar-refractivity contribution in [3.05, 3.63) is 17.8 Å². The molecule has 0 radical (unpaired) electrons. The lowest BCUT2D eigenvalue weighted by atomic mass is 10.2. The van der Waals surface area contributed by atoms with Gasteiger partial charge in [0, 0.05) is 25.7 Å². The summed E-state index contributed by atoms with van der Waals surface area (Å²) >= 11 is 0. The number of aliphatic hydroxyl groups is 1. The number of ether oxygens (including phenoxy) is 1. The van der Waals surface area contributed by atoms with Crippen LogP contribution in [-0.4, -0.2) is 71.9 Å². The van der Waals surface area contributed by atoms with Crippen molar-refractivity contribution >= 4 is 0 Å². The van der Waals surface area contributed by atoms with Gasteiger partial charge in [-0.1, -0.05) is 0 Å². The number of oxazole rings is 1. The highest BCUT2D eigenvalue weighted by Gasteiger charge is 2.27. The number of likely N-dealkylation sites (tertiary alicyclic amines) is 1. The molecule has 1 aromatic heterocycles. The monoisotopic (exact) mass is 297 g/mol. The number of β-amino-alcohol motifs (C(OH)–C–C–N with tert-alkyl or cyclic N) is 1. The quantitative estimate of drug-likeness (QED) is 0.769. The SMILES string of the molecule is CCOCC(O)CN1CCC(N(C)Cc2ncc(C)o2)C1. The zero-order chi connectivity index (χ0) is 15.2. The maximum atomic E-state index is 9.90. The molecule has 1 N–H and O–H groups in total. The Bertz CT molecular complexity index is 424. The Morgan fingerprint density at radius 2 is 2.43 bits per heavy atom. The minimum atomic E-state index is -0.400. The summed E-state index contributed by atoms with van der Waals surface area (Å²) in [6.45, 7) is 8.32. The van der Waals surface area contributed by atoms with Gasteiger partial charge >= 0.3 is 0 Å². The van der Waals surface area contributed by atoms with Crippen LogP contribution in [0.4, 0.5) is 0 Å². The zero-order valence-electron chi connectivity index (χ0n) is 13.3. The van der Waals surface area contributed by atoms with Gasteiger partial charge in [0.2, 0.25) is 5.89 Å². The van der Waals surface area contributed by atoms with E-state index in [9.17, 15) is 5.11 Å². The number of hydrogen-bond donors (Lipinski definition) is 1. The number of nitrogens with zero attached hydrogens (tertiary/aromatic N) is 3. The number of aliphatic hydroxyl groups excluding tert-OH is 1. The number of aryl methyl sites for hydroxylation is 1. The first-order valence-electron chi connectivity index (χ1n) is 7.68. The summed E-state index contributed by atoms with van der Waals surface area (Å²) < 4.78 is 10.8. The Labute approximate surface area is 126 Å². The summed E-state index contributed by atoms with van der Waals surface area (Å²) in [6, 6.07) is 0.483. The molecule has 2 unspecified atom stereocenters. The fourth-order valence-electron chi connectivity index (χ4n) is 2.76. The first-order chi connectivity index (χ1) is 10.1. The van der Waals surface area contributed by atoms with Crippen LogP contribution < -0.4 is 0 Å². The largest absolute Gasteiger partial charge is 0.445 e. The molecule has 6 nitrogen and oxygen atoms in total. The third-order valence-corrected chi connectivity index (χ3v) is 3.91. The summed E-state index contributed by atoms with van der Waals surface area (Å²) in [6.07, 6.45) is 2.47. The standard InChI is InChI=1S/C15H27N3O3/c1-4-20-11-14(19)9-18-6-5-13(8-18)17(3)10-15-16-7-12(2)21-15/h7,13-14,19H,4-6,8-11H2,1-3H3. The molecule has 21 heavy (non-hydrogen) atoms. The van der Waals surface area contributed by atoms with Crippen molar-refractivity contribution in [1.29, 1.82) is 0 Å². The molecule has 120 valence electrons. The summed E-state index contributed by atoms with van der Waals surface area (Å²) in [5.74, 6) is 1.62. The summed E-state index contributed by atoms with van der Waals surface area (Å²) in [4.78, 5) is 8.83. The highest BCUT2D eigenvalue weighted by Crippen LogP contribution is 2.17. The van der Waals surface area contributed by atoms with Gasteiger partial charge in [-0.3, -0.25) is 9.80 Å². The van der Waals surface area contributed by atoms with Gasteiger partial charge in [0.1, 0.15) is 5.76 Å². The van der Waals surface area contributed by atoms with Crippen LogP contribution in [0.15, 0.2) is 10.6 Å². The second-order valence-electron chi connectivity index (χ2n) is 5.80. The van der Waals surface area contributed by atoms with Crippen molar-refractivity contribution in [2.75, 3.05) is 39.9 Å². The summed E-state index contributed by atoms with van der Waals surface area (Å²) in [7, 11) is 2.10. The van der Waals surface area contributed by atoms with E-state index in [1.165, 1.54) is 0 Å². The molecule has 1 saturated heterocycles. The van der Waals surface area contributed by atoms with Gasteiger partial charge in [0.25, 0.3) is 0 Å². The van der Waals surface area contributed by atoms with Gasteiger partial charge in [-0.2, -0.15) is 0 Å². The molecule has 6 heteroatoms. The van der Waals surface area contributed by atoms with E-state index in [2.05, 4.69) is 21.8 Å². The molecule has 0 bridgehead atoms. The number of likely N-dealkylation sites (N-methyl/N-ethyl adjacent to an activating group) is 1. The highest BCUT2D eigenvalue weighted by atomic mass is 16.5. The average Bonchev–Trinajstić information content (AvgIpc) is 3.06. The zero-order valence-corrected chi connectivity index (χ0v) is 13.3. The number of rotatable bonds is 8. The van der Waals surface area contributed by atoms with Gasteiger partial charge in [-0.25, -0.2) is 4.98 Å². The fourth-order valence-corrected chi connectivity index (χ4v) is 2.76. The van der Waals surface area contributed by atoms with Crippen molar-refractivity contribution < 1.29 is 14.3 Å². The lowest BCUT2D eigenvalue weighted by molar-refractivity contribution is 0.0240. The third kappa shape index (κ3) is 5.07. The van der Waals surface area contributed by atoms with E-state index in [-0.39, 0.29) is 0 Å². The van der Waals surface area contributed by atoms with E-state index in [1.807, 2.05) is 13.8 Å². The van der Waals surface area contributed by atoms with Crippen LogP contribution in [0.25, 0.3) is 0 Å². The molecule has 1 aromatic rings. The first kappa shape index (κ1) is 16.4. The topological polar surface area (TPSA) is 62.0 Å². The van der Waals surface area contributed by atoms with Crippen molar-refractivity contribution in [2.45, 2.75) is 39.0 Å². The predicted octanol–water partition coefficient (Wildman–Crippen LogP) is 0.887. The van der Waals surface area contributed by atoms with Crippen LogP contribution >= 0.6 is 0 Å². The molecule has 1 fully saturated rings. The maximum absolute atomic E-state index is 9.90. The molecule has 1 aliphatic rings. The van der Waals surface area contributed by atoms with Crippen molar-refractivity contribution in [3.63, 3.8) is 0 Å². The fraction of sp³-hybridized carbons (Fsp3) is 0.800. The molecular formula is C15H27N3O3. The lowest BCUT2D eigenvalue weighted by Gasteiger charge is -2.24. The maximum Gasteiger partial charge on any atom is 0.208 e. The number of hydrogen-bond acceptors (Lipinski definition) is 6. The Morgan fingerprint density at radius 3 is 3.10 bits per heavy atom. The normalized spacial score (nSPS) is 21.3. The van der Waals surface area contributed by atoms with Crippen molar-refractivity contribution in [3.8, 4) is 0 Å². The average molecular weight is 297 g/mol. The predicted molar refractivity (Wildman–Crippen MR) is 80.1 cm³/mol. The minimum absolute atomic E-state index is 0.400. The van der Waals surface area contributed by atoms with Gasteiger partial charge in [-0.05, 0) is 33.9 Å². The van der Waals surface area contributed by atoms with Crippen LogP contribution in [-0.2, 0) is 11.3 Å². The molecule has 0 aliphatic carbocycles. The van der Waals surface area contributed by atoms with Crippen LogP contribution in [0, 0.1) is 6.92 Å². The van der Waals surface area contributed by atoms with E-state index in [0.717, 1.165) is 37.7 Å². The van der Waals surface area contributed by atoms with E-state index in [4.69, 9.17) is 9.15 Å². The smallest absolute Gasteiger partial charge is 0.208 e. The summed E-state index contributed by atoms with van der Waals surface area (Å²) in [5.41, 5.74) is 0. The van der Waals surface area contributed by atoms with Gasteiger partial charge in [0.15, 0.2) is 0 Å². The van der Waals surface area contributed by atoms with Crippen molar-refractivity contribution in [1.82, 2.24) is 14.8 Å². The molecule has 1 aliphatic heterocycles. The third-order valence-electron chi connectivity index (χ3n) is 3.91. The van der Waals surface area contributed by atoms with Crippen molar-refractivity contribution in [2.24, 2.45) is 0 Å². The van der Waals surface area contributed by atoms with Gasteiger partial charge in [-0.15, -0.1) is 0 Å². The molecule has 0 saturated carbocycles. The molecule has 2 rings (SSSR count). The first-order valence-corrected chi connectivity index (χ1v) is 7.68. The Morgan fingerprint density at radius 1 is 1.62 bits per heavy atom. The molecular weight excluding hydrogens is 270 g/mol. The molecule has 0 aromatic carbocycles. The molecule has 0 spiro atoms. The molecule has 2 heterocycles. The molecule has 2 atom stereocenters. The van der Waals surface area contributed by atoms with E-state index >= 15 is 0 Å². The second-order valence-corrected chi connectivity index (χ2v) is 5.80. The van der Waals surface area contributed by atoms with Gasteiger partial charge < -0.3 is 14.3 Å². The van der Waals surface area contributed by atoms with Crippen LogP contribution in [0.1, 0.15) is 25.0 Å². The van der Waals surface area contributed by atoms with Crippen LogP contribution in [0.2, 0.25) is 0 Å². The van der Waals surface area contributed by atoms with Gasteiger partial charge in [0.05, 0.1) is 25.5 Å². The number of aromatic nitrogens is 1. The Kier molecular flexibility index (Phi) is 6.17.